The lowest BCUT2D eigenvalue weighted by molar-refractivity contribution is 0.165. The van der Waals surface area contributed by atoms with E-state index in [1.165, 1.54) is 0 Å². The van der Waals surface area contributed by atoms with Gasteiger partial charge in [0.25, 0.3) is 0 Å². The molecule has 1 aliphatic rings. The Morgan fingerprint density at radius 3 is 3.00 bits per heavy atom. The summed E-state index contributed by atoms with van der Waals surface area (Å²) in [6.07, 6.45) is 3.26. The summed E-state index contributed by atoms with van der Waals surface area (Å²) in [6.45, 7) is 0.386. The third kappa shape index (κ3) is 1.60. The maximum atomic E-state index is 5.38. The quantitative estimate of drug-likeness (QED) is 0.475. The maximum absolute atomic E-state index is 5.38. The summed E-state index contributed by atoms with van der Waals surface area (Å²) >= 11 is 0. The molecule has 0 aromatic rings. The number of hydrogen-bond acceptors (Lipinski definition) is 4. The fraction of sp³-hybridized carbons (Fsp3) is 0.400. The molecule has 9 heavy (non-hydrogen) atoms. The van der Waals surface area contributed by atoms with Crippen LogP contribution in [0.4, 0.5) is 0 Å². The summed E-state index contributed by atoms with van der Waals surface area (Å²) in [5, 5.41) is 0. The third-order valence-corrected chi connectivity index (χ3v) is 1.05. The third-order valence-electron chi connectivity index (χ3n) is 1.05. The lowest BCUT2D eigenvalue weighted by atomic mass is 10.3. The van der Waals surface area contributed by atoms with Crippen molar-refractivity contribution in [1.82, 2.24) is 0 Å². The van der Waals surface area contributed by atoms with Crippen molar-refractivity contribution in [3.05, 3.63) is 11.6 Å². The largest absolute Gasteiger partial charge is 0.306 e. The van der Waals surface area contributed by atoms with Gasteiger partial charge in [-0.15, -0.1) is 0 Å². The topological polar surface area (TPSA) is 73.6 Å². The van der Waals surface area contributed by atoms with Crippen molar-refractivity contribution in [1.29, 1.82) is 0 Å². The molecule has 0 amide bonds. The minimum Gasteiger partial charge on any atom is -0.306 e. The van der Waals surface area contributed by atoms with Crippen LogP contribution in [-0.4, -0.2) is 19.0 Å². The first kappa shape index (κ1) is 6.41. The molecule has 0 unspecified atom stereocenters. The van der Waals surface area contributed by atoms with E-state index in [0.717, 1.165) is 5.57 Å². The van der Waals surface area contributed by atoms with Gasteiger partial charge in [0, 0.05) is 6.21 Å². The highest BCUT2D eigenvalue weighted by Gasteiger charge is 2.03. The van der Waals surface area contributed by atoms with Crippen molar-refractivity contribution in [2.24, 2.45) is 16.6 Å². The second-order valence-electron chi connectivity index (χ2n) is 1.82. The molecule has 0 bridgehead atoms. The first-order chi connectivity index (χ1) is 4.33. The van der Waals surface area contributed by atoms with Gasteiger partial charge in [0.15, 0.2) is 0 Å². The Morgan fingerprint density at radius 2 is 2.56 bits per heavy atom. The number of hydrogen-bond donors (Lipinski definition) is 2. The zero-order valence-electron chi connectivity index (χ0n) is 4.95. The monoisotopic (exact) mass is 127 g/mol. The van der Waals surface area contributed by atoms with Crippen LogP contribution in [-0.2, 0) is 4.84 Å². The fourth-order valence-electron chi connectivity index (χ4n) is 0.669. The van der Waals surface area contributed by atoms with Crippen molar-refractivity contribution in [3.8, 4) is 0 Å². The Morgan fingerprint density at radius 1 is 1.78 bits per heavy atom. The van der Waals surface area contributed by atoms with Gasteiger partial charge in [0.1, 0.15) is 6.17 Å². The Bertz CT molecular complexity index is 152. The van der Waals surface area contributed by atoms with Crippen molar-refractivity contribution >= 4 is 6.21 Å². The van der Waals surface area contributed by atoms with Crippen LogP contribution in [0.25, 0.3) is 0 Å². The van der Waals surface area contributed by atoms with E-state index in [0.29, 0.717) is 6.61 Å². The van der Waals surface area contributed by atoms with E-state index in [1.807, 2.05) is 0 Å². The number of nitrogens with two attached hydrogens (primary N) is 2. The minimum atomic E-state index is -0.199. The van der Waals surface area contributed by atoms with Gasteiger partial charge in [-0.1, -0.05) is 0 Å². The number of nitrogens with zero attached hydrogens (tertiary/aromatic N) is 1. The predicted octanol–water partition coefficient (Wildman–Crippen LogP) is -0.828. The van der Waals surface area contributed by atoms with Crippen LogP contribution in [0.5, 0.6) is 0 Å². The highest BCUT2D eigenvalue weighted by Crippen LogP contribution is 2.01. The van der Waals surface area contributed by atoms with Crippen LogP contribution < -0.4 is 11.6 Å². The van der Waals surface area contributed by atoms with Crippen molar-refractivity contribution in [2.45, 2.75) is 6.17 Å². The summed E-state index contributed by atoms with van der Waals surface area (Å²) in [5.74, 6) is 4.81. The molecule has 4 heteroatoms. The molecule has 0 aromatic carbocycles. The van der Waals surface area contributed by atoms with Gasteiger partial charge in [-0.2, -0.15) is 0 Å². The van der Waals surface area contributed by atoms with Crippen LogP contribution in [0, 0.1) is 0 Å². The average molecular weight is 127 g/mol. The lowest BCUT2D eigenvalue weighted by Crippen LogP contribution is -2.10. The average Bonchev–Trinajstić information content (AvgIpc) is 2.17. The van der Waals surface area contributed by atoms with Crippen molar-refractivity contribution < 1.29 is 4.84 Å². The molecule has 1 heterocycles. The first-order valence-electron chi connectivity index (χ1n) is 2.64. The highest BCUT2D eigenvalue weighted by atomic mass is 16.6. The molecule has 0 aliphatic carbocycles. The van der Waals surface area contributed by atoms with Crippen LogP contribution in [0.2, 0.25) is 0 Å². The Hall–Kier alpha value is -0.710. The maximum Gasteiger partial charge on any atom is 0.116 e. The SMILES string of the molecule is NOCC1=C[C@H](N)N=C1. The van der Waals surface area contributed by atoms with E-state index < -0.39 is 0 Å². The summed E-state index contributed by atoms with van der Waals surface area (Å²) in [7, 11) is 0. The van der Waals surface area contributed by atoms with E-state index in [4.69, 9.17) is 11.6 Å². The molecule has 1 aliphatic heterocycles. The second-order valence-corrected chi connectivity index (χ2v) is 1.82. The van der Waals surface area contributed by atoms with Crippen molar-refractivity contribution in [2.75, 3.05) is 6.61 Å². The van der Waals surface area contributed by atoms with Gasteiger partial charge in [-0.25, -0.2) is 5.90 Å². The molecule has 0 spiro atoms. The minimum absolute atomic E-state index is 0.199. The molecule has 0 fully saturated rings. The van der Waals surface area contributed by atoms with Gasteiger partial charge >= 0.3 is 0 Å². The second kappa shape index (κ2) is 2.72. The molecule has 0 aromatic heterocycles. The highest BCUT2D eigenvalue weighted by molar-refractivity contribution is 5.81. The van der Waals surface area contributed by atoms with Gasteiger partial charge in [0.2, 0.25) is 0 Å². The first-order valence-corrected chi connectivity index (χ1v) is 2.64. The Labute approximate surface area is 53.1 Å². The Kier molecular flexibility index (Phi) is 1.94. The van der Waals surface area contributed by atoms with E-state index in [2.05, 4.69) is 9.83 Å². The van der Waals surface area contributed by atoms with Crippen LogP contribution in [0.15, 0.2) is 16.6 Å². The van der Waals surface area contributed by atoms with Crippen LogP contribution in [0.3, 0.4) is 0 Å². The molecule has 1 atom stereocenters. The summed E-state index contributed by atoms with van der Waals surface area (Å²) in [4.78, 5) is 8.22. The van der Waals surface area contributed by atoms with Gasteiger partial charge in [0.05, 0.1) is 6.61 Å². The van der Waals surface area contributed by atoms with E-state index >= 15 is 0 Å². The van der Waals surface area contributed by atoms with Gasteiger partial charge in [-0.05, 0) is 11.6 Å². The molecular weight excluding hydrogens is 118 g/mol. The lowest BCUT2D eigenvalue weighted by Gasteiger charge is -1.92. The molecule has 1 rings (SSSR count). The van der Waals surface area contributed by atoms with Crippen LogP contribution in [0.1, 0.15) is 0 Å². The fourth-order valence-corrected chi connectivity index (χ4v) is 0.669. The zero-order valence-corrected chi connectivity index (χ0v) is 4.95. The van der Waals surface area contributed by atoms with Gasteiger partial charge in [-0.3, -0.25) is 9.83 Å². The van der Waals surface area contributed by atoms with E-state index in [9.17, 15) is 0 Å². The van der Waals surface area contributed by atoms with E-state index in [1.54, 1.807) is 12.3 Å². The summed E-state index contributed by atoms with van der Waals surface area (Å²) in [5.41, 5.74) is 6.32. The van der Waals surface area contributed by atoms with Crippen molar-refractivity contribution in [3.63, 3.8) is 0 Å². The predicted molar refractivity (Wildman–Crippen MR) is 34.7 cm³/mol. The normalized spacial score (nSPS) is 24.7. The standard InChI is InChI=1S/C5H9N3O/c6-5-1-4(2-8-5)3-9-7/h1-2,5H,3,6-7H2/t5-/m1/s1. The Balaban J connectivity index is 2.44. The number of aliphatic imine (C=N–C) groups is 1. The molecule has 4 nitrogen and oxygen atoms in total. The summed E-state index contributed by atoms with van der Waals surface area (Å²) in [6, 6.07) is 0. The number of rotatable bonds is 2. The molecule has 0 saturated carbocycles. The molecular formula is C5H9N3O. The van der Waals surface area contributed by atoms with E-state index in [-0.39, 0.29) is 6.17 Å². The molecule has 0 saturated heterocycles. The molecule has 0 radical (unpaired) electrons. The zero-order chi connectivity index (χ0) is 6.69. The smallest absolute Gasteiger partial charge is 0.116 e. The van der Waals surface area contributed by atoms with Crippen LogP contribution >= 0.6 is 0 Å². The molecule has 50 valence electrons. The van der Waals surface area contributed by atoms with Gasteiger partial charge < -0.3 is 5.73 Å². The molecule has 4 N–H and O–H groups in total. The summed E-state index contributed by atoms with van der Waals surface area (Å²) < 4.78 is 0.